The molecule has 0 aromatic carbocycles. The van der Waals surface area contributed by atoms with Gasteiger partial charge in [0.2, 0.25) is 0 Å². The molecule has 3 heteroatoms. The topological polar surface area (TPSA) is 27.0 Å². The molecule has 0 saturated heterocycles. The van der Waals surface area contributed by atoms with Gasteiger partial charge in [0, 0.05) is 18.4 Å². The van der Waals surface area contributed by atoms with Gasteiger partial charge in [0.15, 0.2) is 0 Å². The summed E-state index contributed by atoms with van der Waals surface area (Å²) >= 11 is 3.68. The Hall–Kier alpha value is -0.0700. The summed E-state index contributed by atoms with van der Waals surface area (Å²) in [6, 6.07) is 2.33. The third-order valence-electron chi connectivity index (χ3n) is 3.71. The fraction of sp³-hybridized carbons (Fsp3) is 0.923. The second kappa shape index (κ2) is 6.61. The molecule has 0 aromatic heterocycles. The molecule has 2 nitrogen and oxygen atoms in total. The fourth-order valence-corrected chi connectivity index (χ4v) is 3.40. The highest BCUT2D eigenvalue weighted by Gasteiger charge is 2.34. The van der Waals surface area contributed by atoms with Gasteiger partial charge in [-0.3, -0.25) is 0 Å². The first-order valence-corrected chi connectivity index (χ1v) is 7.46. The van der Waals surface area contributed by atoms with E-state index in [1.807, 2.05) is 6.92 Å². The lowest BCUT2D eigenvalue weighted by molar-refractivity contribution is 0.169. The first-order chi connectivity index (χ1) is 7.65. The highest BCUT2D eigenvalue weighted by molar-refractivity contribution is 9.09. The van der Waals surface area contributed by atoms with Crippen LogP contribution in [0.15, 0.2) is 0 Å². The largest absolute Gasteiger partial charge is 0.302 e. The summed E-state index contributed by atoms with van der Waals surface area (Å²) in [6.45, 7) is 7.34. The predicted octanol–water partition coefficient (Wildman–Crippen LogP) is 3.42. The van der Waals surface area contributed by atoms with Gasteiger partial charge in [0.1, 0.15) is 0 Å². The Balaban J connectivity index is 2.51. The molecule has 0 aromatic rings. The maximum Gasteiger partial charge on any atom is 0.0666 e. The zero-order chi connectivity index (χ0) is 12.0. The van der Waals surface area contributed by atoms with Crippen LogP contribution in [0, 0.1) is 22.7 Å². The van der Waals surface area contributed by atoms with E-state index in [2.05, 4.69) is 33.8 Å². The van der Waals surface area contributed by atoms with Gasteiger partial charge in [0.05, 0.1) is 12.0 Å². The molecule has 0 spiro atoms. The normalized spacial score (nSPS) is 20.9. The first-order valence-electron chi connectivity index (χ1n) is 6.34. The molecule has 16 heavy (non-hydrogen) atoms. The summed E-state index contributed by atoms with van der Waals surface area (Å²) in [5.74, 6) is 0.147. The lowest BCUT2D eigenvalue weighted by Crippen LogP contribution is -2.39. The van der Waals surface area contributed by atoms with Gasteiger partial charge in [-0.2, -0.15) is 5.26 Å². The van der Waals surface area contributed by atoms with Crippen LogP contribution in [-0.2, 0) is 0 Å². The minimum Gasteiger partial charge on any atom is -0.302 e. The molecule has 1 aliphatic rings. The predicted molar refractivity (Wildman–Crippen MR) is 71.6 cm³/mol. The third-order valence-corrected chi connectivity index (χ3v) is 4.90. The van der Waals surface area contributed by atoms with E-state index in [9.17, 15) is 0 Å². The average molecular weight is 287 g/mol. The Labute approximate surface area is 108 Å². The lowest BCUT2D eigenvalue weighted by atomic mass is 9.88. The van der Waals surface area contributed by atoms with Crippen molar-refractivity contribution >= 4 is 15.9 Å². The fourth-order valence-electron chi connectivity index (χ4n) is 2.67. The van der Waals surface area contributed by atoms with E-state index in [-0.39, 0.29) is 5.92 Å². The van der Waals surface area contributed by atoms with Gasteiger partial charge in [-0.25, -0.2) is 0 Å². The zero-order valence-electron chi connectivity index (χ0n) is 10.5. The molecule has 1 saturated carbocycles. The van der Waals surface area contributed by atoms with Gasteiger partial charge >= 0.3 is 0 Å². The average Bonchev–Trinajstić information content (AvgIpc) is 2.77. The zero-order valence-corrected chi connectivity index (χ0v) is 12.1. The number of nitrogens with zero attached hydrogens (tertiary/aromatic N) is 2. The molecule has 0 bridgehead atoms. The van der Waals surface area contributed by atoms with Crippen molar-refractivity contribution < 1.29 is 0 Å². The highest BCUT2D eigenvalue weighted by Crippen LogP contribution is 2.40. The van der Waals surface area contributed by atoms with Crippen LogP contribution in [0.25, 0.3) is 0 Å². The van der Waals surface area contributed by atoms with E-state index in [0.717, 1.165) is 25.0 Å². The second-order valence-electron chi connectivity index (χ2n) is 5.20. The molecule has 1 atom stereocenters. The van der Waals surface area contributed by atoms with Crippen LogP contribution in [0.3, 0.4) is 0 Å². The van der Waals surface area contributed by atoms with Gasteiger partial charge in [-0.15, -0.1) is 0 Å². The Morgan fingerprint density at radius 3 is 2.50 bits per heavy atom. The molecular formula is C13H23BrN2. The summed E-state index contributed by atoms with van der Waals surface area (Å²) in [6.07, 6.45) is 5.43. The Morgan fingerprint density at radius 1 is 1.44 bits per heavy atom. The second-order valence-corrected chi connectivity index (χ2v) is 5.76. The minimum atomic E-state index is 0.147. The molecule has 0 heterocycles. The van der Waals surface area contributed by atoms with Crippen LogP contribution in [0.4, 0.5) is 0 Å². The van der Waals surface area contributed by atoms with Gasteiger partial charge in [-0.1, -0.05) is 35.7 Å². The summed E-state index contributed by atoms with van der Waals surface area (Å²) in [7, 11) is 0. The van der Waals surface area contributed by atoms with Crippen molar-refractivity contribution in [3.05, 3.63) is 0 Å². The smallest absolute Gasteiger partial charge is 0.0666 e. The SMILES string of the molecule is CCN(CC(C)C#N)CC1(CBr)CCCC1. The van der Waals surface area contributed by atoms with Crippen LogP contribution in [0.1, 0.15) is 39.5 Å². The number of nitriles is 1. The number of hydrogen-bond acceptors (Lipinski definition) is 2. The number of alkyl halides is 1. The maximum atomic E-state index is 8.88. The third kappa shape index (κ3) is 3.75. The molecular weight excluding hydrogens is 264 g/mol. The van der Waals surface area contributed by atoms with Crippen molar-refractivity contribution in [1.29, 1.82) is 5.26 Å². The number of hydrogen-bond donors (Lipinski definition) is 0. The van der Waals surface area contributed by atoms with Crippen LogP contribution in [0.2, 0.25) is 0 Å². The van der Waals surface area contributed by atoms with E-state index in [4.69, 9.17) is 5.26 Å². The Kier molecular flexibility index (Phi) is 5.78. The standard InChI is InChI=1S/C13H23BrN2/c1-3-16(9-12(2)8-15)11-13(10-14)6-4-5-7-13/h12H,3-7,9-11H2,1-2H3. The van der Waals surface area contributed by atoms with Gasteiger partial charge < -0.3 is 4.90 Å². The van der Waals surface area contributed by atoms with Crippen molar-refractivity contribution in [3.63, 3.8) is 0 Å². The minimum absolute atomic E-state index is 0.147. The molecule has 0 aliphatic heterocycles. The van der Waals surface area contributed by atoms with E-state index in [0.29, 0.717) is 5.41 Å². The van der Waals surface area contributed by atoms with Crippen molar-refractivity contribution in [2.24, 2.45) is 11.3 Å². The van der Waals surface area contributed by atoms with Crippen molar-refractivity contribution in [3.8, 4) is 6.07 Å². The Morgan fingerprint density at radius 2 is 2.06 bits per heavy atom. The van der Waals surface area contributed by atoms with Crippen molar-refractivity contribution in [2.45, 2.75) is 39.5 Å². The maximum absolute atomic E-state index is 8.88. The molecule has 1 unspecified atom stereocenters. The van der Waals surface area contributed by atoms with Crippen molar-refractivity contribution in [1.82, 2.24) is 4.90 Å². The van der Waals surface area contributed by atoms with Crippen LogP contribution in [-0.4, -0.2) is 29.9 Å². The quantitative estimate of drug-likeness (QED) is 0.700. The van der Waals surface area contributed by atoms with Gasteiger partial charge in [0.25, 0.3) is 0 Å². The van der Waals surface area contributed by atoms with E-state index >= 15 is 0 Å². The molecule has 1 rings (SSSR count). The monoisotopic (exact) mass is 286 g/mol. The molecule has 92 valence electrons. The molecule has 0 N–H and O–H groups in total. The summed E-state index contributed by atoms with van der Waals surface area (Å²) < 4.78 is 0. The highest BCUT2D eigenvalue weighted by atomic mass is 79.9. The molecule has 0 amide bonds. The van der Waals surface area contributed by atoms with E-state index in [1.165, 1.54) is 25.7 Å². The Bertz CT molecular complexity index is 241. The molecule has 1 fully saturated rings. The molecule has 0 radical (unpaired) electrons. The first kappa shape index (κ1) is 14.0. The summed E-state index contributed by atoms with van der Waals surface area (Å²) in [5, 5.41) is 9.98. The van der Waals surface area contributed by atoms with Crippen LogP contribution in [0.5, 0.6) is 0 Å². The lowest BCUT2D eigenvalue weighted by Gasteiger charge is -2.34. The molecule has 1 aliphatic carbocycles. The number of rotatable bonds is 6. The number of halogens is 1. The van der Waals surface area contributed by atoms with Crippen molar-refractivity contribution in [2.75, 3.05) is 25.0 Å². The van der Waals surface area contributed by atoms with Crippen LogP contribution < -0.4 is 0 Å². The summed E-state index contributed by atoms with van der Waals surface area (Å²) in [4.78, 5) is 2.44. The van der Waals surface area contributed by atoms with Crippen LogP contribution >= 0.6 is 15.9 Å². The van der Waals surface area contributed by atoms with E-state index in [1.54, 1.807) is 0 Å². The van der Waals surface area contributed by atoms with E-state index < -0.39 is 0 Å². The summed E-state index contributed by atoms with van der Waals surface area (Å²) in [5.41, 5.74) is 0.477. The van der Waals surface area contributed by atoms with Gasteiger partial charge in [-0.05, 0) is 31.7 Å².